The molecule has 206 valence electrons. The molecule has 0 radical (unpaired) electrons. The Morgan fingerprint density at radius 1 is 0.386 bits per heavy atom. The Morgan fingerprint density at radius 3 is 1.57 bits per heavy atom. The summed E-state index contributed by atoms with van der Waals surface area (Å²) < 4.78 is 8.38. The van der Waals surface area contributed by atoms with E-state index in [1.807, 2.05) is 60.7 Å². The smallest absolute Gasteiger partial charge is 0.164 e. The van der Waals surface area contributed by atoms with Gasteiger partial charge in [-0.05, 0) is 60.7 Å². The molecule has 0 saturated heterocycles. The molecule has 0 fully saturated rings. The van der Waals surface area contributed by atoms with Crippen LogP contribution in [0.4, 0.5) is 0 Å². The SMILES string of the molecule is c1ccc(-c2nc(-c3ccc(-n4c5ccccc5c5ccccc54)cc3)nc(-c3ccc4oc5ccccc5c4c3)n2)cc1. The standard InChI is InChI=1S/C39H24N4O/c1-2-10-25(11-3-1)37-40-38(42-39(41-37)27-20-23-36-32(24-27)31-14-6-9-17-35(31)44-36)26-18-21-28(22-19-26)43-33-15-7-4-12-29(33)30-13-5-8-16-34(30)43/h1-24H. The van der Waals surface area contributed by atoms with Crippen molar-refractivity contribution in [2.75, 3.05) is 0 Å². The van der Waals surface area contributed by atoms with Gasteiger partial charge in [-0.1, -0.05) is 84.9 Å². The third-order valence-electron chi connectivity index (χ3n) is 8.27. The first kappa shape index (κ1) is 24.5. The highest BCUT2D eigenvalue weighted by molar-refractivity contribution is 6.09. The number of fused-ring (bicyclic) bond motifs is 6. The van der Waals surface area contributed by atoms with Crippen molar-refractivity contribution >= 4 is 43.7 Å². The Labute approximate surface area is 252 Å². The van der Waals surface area contributed by atoms with Crippen LogP contribution in [0.5, 0.6) is 0 Å². The lowest BCUT2D eigenvalue weighted by Crippen LogP contribution is -2.00. The predicted molar refractivity (Wildman–Crippen MR) is 178 cm³/mol. The highest BCUT2D eigenvalue weighted by atomic mass is 16.3. The van der Waals surface area contributed by atoms with Crippen molar-refractivity contribution in [2.45, 2.75) is 0 Å². The molecule has 0 aliphatic heterocycles. The molecule has 0 aliphatic carbocycles. The first-order valence-corrected chi connectivity index (χ1v) is 14.6. The van der Waals surface area contributed by atoms with E-state index in [1.54, 1.807) is 0 Å². The van der Waals surface area contributed by atoms with Gasteiger partial charge in [0, 0.05) is 43.9 Å². The Balaban J connectivity index is 1.19. The fraction of sp³-hybridized carbons (Fsp3) is 0. The molecule has 0 spiro atoms. The molecule has 5 heteroatoms. The van der Waals surface area contributed by atoms with Crippen LogP contribution in [0, 0.1) is 0 Å². The fourth-order valence-corrected chi connectivity index (χ4v) is 6.18. The molecule has 9 aromatic rings. The molecule has 0 saturated carbocycles. The summed E-state index contributed by atoms with van der Waals surface area (Å²) in [6.45, 7) is 0. The zero-order valence-corrected chi connectivity index (χ0v) is 23.6. The summed E-state index contributed by atoms with van der Waals surface area (Å²) in [6, 6.07) is 49.8. The van der Waals surface area contributed by atoms with E-state index in [2.05, 4.69) is 89.5 Å². The highest BCUT2D eigenvalue weighted by Gasteiger charge is 2.16. The van der Waals surface area contributed by atoms with Gasteiger partial charge in [-0.2, -0.15) is 0 Å². The summed E-state index contributed by atoms with van der Waals surface area (Å²) >= 11 is 0. The molecule has 0 aliphatic rings. The Bertz CT molecular complexity index is 2440. The zero-order chi connectivity index (χ0) is 29.0. The molecule has 0 N–H and O–H groups in total. The van der Waals surface area contributed by atoms with Crippen molar-refractivity contribution in [3.63, 3.8) is 0 Å². The lowest BCUT2D eigenvalue weighted by molar-refractivity contribution is 0.669. The third-order valence-corrected chi connectivity index (χ3v) is 8.27. The molecule has 3 heterocycles. The van der Waals surface area contributed by atoms with Crippen LogP contribution in [0.2, 0.25) is 0 Å². The Kier molecular flexibility index (Phi) is 5.43. The minimum Gasteiger partial charge on any atom is -0.456 e. The second kappa shape index (κ2) is 9.75. The molecule has 0 unspecified atom stereocenters. The molecule has 3 aromatic heterocycles. The van der Waals surface area contributed by atoms with E-state index >= 15 is 0 Å². The van der Waals surface area contributed by atoms with Gasteiger partial charge < -0.3 is 8.98 Å². The summed E-state index contributed by atoms with van der Waals surface area (Å²) in [6.07, 6.45) is 0. The van der Waals surface area contributed by atoms with Gasteiger partial charge in [0.2, 0.25) is 0 Å². The van der Waals surface area contributed by atoms with Crippen LogP contribution in [0.25, 0.3) is 83.6 Å². The van der Waals surface area contributed by atoms with Gasteiger partial charge in [0.05, 0.1) is 11.0 Å². The van der Waals surface area contributed by atoms with Gasteiger partial charge >= 0.3 is 0 Å². The van der Waals surface area contributed by atoms with Crippen LogP contribution in [0.3, 0.4) is 0 Å². The topological polar surface area (TPSA) is 56.7 Å². The van der Waals surface area contributed by atoms with Gasteiger partial charge in [0.1, 0.15) is 11.2 Å². The van der Waals surface area contributed by atoms with E-state index in [9.17, 15) is 0 Å². The van der Waals surface area contributed by atoms with Gasteiger partial charge in [-0.3, -0.25) is 0 Å². The maximum Gasteiger partial charge on any atom is 0.164 e. The minimum absolute atomic E-state index is 0.618. The number of benzene rings is 6. The normalized spacial score (nSPS) is 11.6. The summed E-state index contributed by atoms with van der Waals surface area (Å²) in [5.74, 6) is 1.88. The lowest BCUT2D eigenvalue weighted by Gasteiger charge is -2.11. The first-order valence-electron chi connectivity index (χ1n) is 14.6. The first-order chi connectivity index (χ1) is 21.8. The number of hydrogen-bond donors (Lipinski definition) is 0. The van der Waals surface area contributed by atoms with Crippen molar-refractivity contribution in [3.05, 3.63) is 146 Å². The van der Waals surface area contributed by atoms with Crippen LogP contribution in [0.15, 0.2) is 150 Å². The number of rotatable bonds is 4. The lowest BCUT2D eigenvalue weighted by atomic mass is 10.1. The predicted octanol–water partition coefficient (Wildman–Crippen LogP) is 9.87. The van der Waals surface area contributed by atoms with Crippen LogP contribution in [-0.4, -0.2) is 19.5 Å². The Hall–Kier alpha value is -6.07. The average molecular weight is 565 g/mol. The molecule has 44 heavy (non-hydrogen) atoms. The fourth-order valence-electron chi connectivity index (χ4n) is 6.18. The second-order valence-electron chi connectivity index (χ2n) is 10.9. The van der Waals surface area contributed by atoms with Gasteiger partial charge in [-0.15, -0.1) is 0 Å². The van der Waals surface area contributed by atoms with Crippen molar-refractivity contribution in [1.29, 1.82) is 0 Å². The molecule has 9 rings (SSSR count). The molecule has 5 nitrogen and oxygen atoms in total. The largest absolute Gasteiger partial charge is 0.456 e. The summed E-state index contributed by atoms with van der Waals surface area (Å²) in [7, 11) is 0. The van der Waals surface area contributed by atoms with E-state index in [-0.39, 0.29) is 0 Å². The van der Waals surface area contributed by atoms with Gasteiger partial charge in [0.25, 0.3) is 0 Å². The van der Waals surface area contributed by atoms with Crippen LogP contribution in [-0.2, 0) is 0 Å². The number of aromatic nitrogens is 4. The number of furan rings is 1. The van der Waals surface area contributed by atoms with Crippen LogP contribution >= 0.6 is 0 Å². The van der Waals surface area contributed by atoms with E-state index in [4.69, 9.17) is 19.4 Å². The highest BCUT2D eigenvalue weighted by Crippen LogP contribution is 2.34. The zero-order valence-electron chi connectivity index (χ0n) is 23.6. The van der Waals surface area contributed by atoms with Crippen LogP contribution < -0.4 is 0 Å². The monoisotopic (exact) mass is 564 g/mol. The second-order valence-corrected chi connectivity index (χ2v) is 10.9. The minimum atomic E-state index is 0.618. The van der Waals surface area contributed by atoms with Gasteiger partial charge in [0.15, 0.2) is 17.5 Å². The molecule has 6 aromatic carbocycles. The van der Waals surface area contributed by atoms with Crippen molar-refractivity contribution in [2.24, 2.45) is 0 Å². The molecular weight excluding hydrogens is 540 g/mol. The third kappa shape index (κ3) is 3.91. The summed E-state index contributed by atoms with van der Waals surface area (Å²) in [5.41, 5.74) is 7.92. The quantitative estimate of drug-likeness (QED) is 0.213. The average Bonchev–Trinajstić information content (AvgIpc) is 3.64. The van der Waals surface area contributed by atoms with Crippen molar-refractivity contribution < 1.29 is 4.42 Å². The number of hydrogen-bond acceptors (Lipinski definition) is 4. The molecular formula is C39H24N4O. The molecule has 0 bridgehead atoms. The summed E-state index contributed by atoms with van der Waals surface area (Å²) in [4.78, 5) is 14.9. The van der Waals surface area contributed by atoms with E-state index < -0.39 is 0 Å². The van der Waals surface area contributed by atoms with Crippen molar-refractivity contribution in [1.82, 2.24) is 19.5 Å². The summed E-state index contributed by atoms with van der Waals surface area (Å²) in [5, 5.41) is 4.59. The van der Waals surface area contributed by atoms with E-state index in [0.717, 1.165) is 44.3 Å². The maximum absolute atomic E-state index is 6.07. The van der Waals surface area contributed by atoms with Gasteiger partial charge in [-0.25, -0.2) is 15.0 Å². The number of para-hydroxylation sites is 3. The number of nitrogens with zero attached hydrogens (tertiary/aromatic N) is 4. The van der Waals surface area contributed by atoms with Crippen LogP contribution in [0.1, 0.15) is 0 Å². The molecule has 0 atom stereocenters. The molecule has 0 amide bonds. The van der Waals surface area contributed by atoms with E-state index in [1.165, 1.54) is 21.8 Å². The maximum atomic E-state index is 6.07. The van der Waals surface area contributed by atoms with Crippen molar-refractivity contribution in [3.8, 4) is 39.9 Å². The Morgan fingerprint density at radius 2 is 0.886 bits per heavy atom. The van der Waals surface area contributed by atoms with E-state index in [0.29, 0.717) is 17.5 Å².